The van der Waals surface area contributed by atoms with E-state index < -0.39 is 0 Å². The molecule has 0 aliphatic heterocycles. The van der Waals surface area contributed by atoms with Crippen molar-refractivity contribution in [2.45, 2.75) is 13.3 Å². The highest BCUT2D eigenvalue weighted by atomic mass is 35.5. The van der Waals surface area contributed by atoms with E-state index in [1.54, 1.807) is 13.2 Å². The molecule has 0 saturated heterocycles. The molecule has 0 bridgehead atoms. The molecule has 0 amide bonds. The quantitative estimate of drug-likeness (QED) is 0.821. The Morgan fingerprint density at radius 2 is 2.06 bits per heavy atom. The van der Waals surface area contributed by atoms with Crippen molar-refractivity contribution in [2.75, 3.05) is 51.0 Å². The molecule has 6 heteroatoms. The minimum atomic E-state index is 0.598. The number of aromatic nitrogens is 2. The standard InChI is InChI=1S/C12H22ClN5/c1-5-18(8-6-7-17(3)4)11-10(13)9-15-12(14-2)16-11/h9H,5-8H2,1-4H3,(H,14,15,16). The van der Waals surface area contributed by atoms with Gasteiger partial charge in [-0.05, 0) is 34.0 Å². The maximum atomic E-state index is 6.16. The highest BCUT2D eigenvalue weighted by Gasteiger charge is 2.11. The molecule has 1 heterocycles. The first kappa shape index (κ1) is 15.0. The zero-order valence-corrected chi connectivity index (χ0v) is 12.3. The Kier molecular flexibility index (Phi) is 6.15. The summed E-state index contributed by atoms with van der Waals surface area (Å²) in [5.74, 6) is 1.40. The van der Waals surface area contributed by atoms with Crippen molar-refractivity contribution >= 4 is 23.4 Å². The number of anilines is 2. The molecule has 1 rings (SSSR count). The fourth-order valence-electron chi connectivity index (χ4n) is 1.69. The first-order chi connectivity index (χ1) is 8.58. The van der Waals surface area contributed by atoms with Crippen LogP contribution in [0.3, 0.4) is 0 Å². The van der Waals surface area contributed by atoms with Gasteiger partial charge in [-0.25, -0.2) is 4.98 Å². The van der Waals surface area contributed by atoms with E-state index in [4.69, 9.17) is 11.6 Å². The van der Waals surface area contributed by atoms with E-state index in [1.165, 1.54) is 0 Å². The van der Waals surface area contributed by atoms with E-state index in [1.807, 2.05) is 0 Å². The average molecular weight is 272 g/mol. The van der Waals surface area contributed by atoms with E-state index in [-0.39, 0.29) is 0 Å². The molecule has 0 unspecified atom stereocenters. The van der Waals surface area contributed by atoms with Gasteiger partial charge in [-0.15, -0.1) is 0 Å². The average Bonchev–Trinajstić information content (AvgIpc) is 2.35. The van der Waals surface area contributed by atoms with Gasteiger partial charge < -0.3 is 15.1 Å². The molecule has 1 aromatic heterocycles. The van der Waals surface area contributed by atoms with Crippen LogP contribution < -0.4 is 10.2 Å². The van der Waals surface area contributed by atoms with Crippen LogP contribution in [0.15, 0.2) is 6.20 Å². The predicted octanol–water partition coefficient (Wildman–Crippen LogP) is 1.95. The van der Waals surface area contributed by atoms with Gasteiger partial charge in [0.15, 0.2) is 5.82 Å². The van der Waals surface area contributed by atoms with Gasteiger partial charge in [0.05, 0.1) is 6.20 Å². The molecule has 0 spiro atoms. The molecule has 0 aromatic carbocycles. The second-order valence-corrected chi connectivity index (χ2v) is 4.76. The summed E-state index contributed by atoms with van der Waals surface area (Å²) in [6, 6.07) is 0. The van der Waals surface area contributed by atoms with Crippen LogP contribution >= 0.6 is 11.6 Å². The molecule has 5 nitrogen and oxygen atoms in total. The minimum Gasteiger partial charge on any atom is -0.357 e. The summed E-state index contributed by atoms with van der Waals surface area (Å²) in [6.07, 6.45) is 2.72. The first-order valence-corrected chi connectivity index (χ1v) is 6.56. The van der Waals surface area contributed by atoms with Gasteiger partial charge in [-0.2, -0.15) is 4.98 Å². The molecule has 0 saturated carbocycles. The number of hydrogen-bond acceptors (Lipinski definition) is 5. The Hall–Kier alpha value is -1.07. The van der Waals surface area contributed by atoms with Gasteiger partial charge in [0.1, 0.15) is 5.02 Å². The summed E-state index contributed by atoms with van der Waals surface area (Å²) in [5.41, 5.74) is 0. The summed E-state index contributed by atoms with van der Waals surface area (Å²) >= 11 is 6.16. The lowest BCUT2D eigenvalue weighted by Crippen LogP contribution is -2.28. The summed E-state index contributed by atoms with van der Waals surface area (Å²) in [6.45, 7) is 4.98. The molecule has 1 N–H and O–H groups in total. The largest absolute Gasteiger partial charge is 0.357 e. The molecule has 0 radical (unpaired) electrons. The smallest absolute Gasteiger partial charge is 0.224 e. The van der Waals surface area contributed by atoms with Crippen LogP contribution in [-0.2, 0) is 0 Å². The third-order valence-corrected chi connectivity index (χ3v) is 2.93. The van der Waals surface area contributed by atoms with E-state index in [0.717, 1.165) is 31.9 Å². The van der Waals surface area contributed by atoms with Crippen molar-refractivity contribution in [3.63, 3.8) is 0 Å². The van der Waals surface area contributed by atoms with Gasteiger partial charge in [0.2, 0.25) is 5.95 Å². The number of nitrogens with zero attached hydrogens (tertiary/aromatic N) is 4. The van der Waals surface area contributed by atoms with Crippen molar-refractivity contribution < 1.29 is 0 Å². The summed E-state index contributed by atoms with van der Waals surface area (Å²) in [4.78, 5) is 12.9. The topological polar surface area (TPSA) is 44.3 Å². The van der Waals surface area contributed by atoms with Crippen LogP contribution in [0.5, 0.6) is 0 Å². The molecule has 0 aliphatic rings. The van der Waals surface area contributed by atoms with Crippen LogP contribution in [0, 0.1) is 0 Å². The van der Waals surface area contributed by atoms with Gasteiger partial charge in [-0.1, -0.05) is 11.6 Å². The number of hydrogen-bond donors (Lipinski definition) is 1. The van der Waals surface area contributed by atoms with Crippen LogP contribution in [-0.4, -0.2) is 55.6 Å². The summed E-state index contributed by atoms with van der Waals surface area (Å²) in [5, 5.41) is 3.53. The molecule has 102 valence electrons. The zero-order valence-electron chi connectivity index (χ0n) is 11.6. The van der Waals surface area contributed by atoms with E-state index in [2.05, 4.69) is 46.1 Å². The van der Waals surface area contributed by atoms with Crippen LogP contribution in [0.2, 0.25) is 5.02 Å². The predicted molar refractivity (Wildman–Crippen MR) is 77.6 cm³/mol. The van der Waals surface area contributed by atoms with Crippen LogP contribution in [0.1, 0.15) is 13.3 Å². The number of halogens is 1. The zero-order chi connectivity index (χ0) is 13.5. The highest BCUT2D eigenvalue weighted by Crippen LogP contribution is 2.23. The molecule has 0 atom stereocenters. The normalized spacial score (nSPS) is 10.8. The first-order valence-electron chi connectivity index (χ1n) is 6.18. The molecule has 0 fully saturated rings. The highest BCUT2D eigenvalue weighted by molar-refractivity contribution is 6.32. The molecular weight excluding hydrogens is 250 g/mol. The maximum Gasteiger partial charge on any atom is 0.224 e. The summed E-state index contributed by atoms with van der Waals surface area (Å²) < 4.78 is 0. The molecule has 18 heavy (non-hydrogen) atoms. The second-order valence-electron chi connectivity index (χ2n) is 4.35. The third kappa shape index (κ3) is 4.31. The van der Waals surface area contributed by atoms with Gasteiger partial charge >= 0.3 is 0 Å². The maximum absolute atomic E-state index is 6.16. The van der Waals surface area contributed by atoms with E-state index in [0.29, 0.717) is 11.0 Å². The fraction of sp³-hybridized carbons (Fsp3) is 0.667. The fourth-order valence-corrected chi connectivity index (χ4v) is 1.90. The lowest BCUT2D eigenvalue weighted by Gasteiger charge is -2.23. The van der Waals surface area contributed by atoms with Crippen molar-refractivity contribution in [3.8, 4) is 0 Å². The summed E-state index contributed by atoms with van der Waals surface area (Å²) in [7, 11) is 5.95. The lowest BCUT2D eigenvalue weighted by molar-refractivity contribution is 0.400. The Morgan fingerprint density at radius 3 is 2.61 bits per heavy atom. The Bertz CT molecular complexity index is 369. The molecule has 0 aliphatic carbocycles. The number of nitrogens with one attached hydrogen (secondary N) is 1. The van der Waals surface area contributed by atoms with Gasteiger partial charge in [-0.3, -0.25) is 0 Å². The van der Waals surface area contributed by atoms with Gasteiger partial charge in [0.25, 0.3) is 0 Å². The number of rotatable bonds is 7. The Balaban J connectivity index is 2.74. The SMILES string of the molecule is CCN(CCCN(C)C)c1nc(NC)ncc1Cl. The van der Waals surface area contributed by atoms with Crippen molar-refractivity contribution in [3.05, 3.63) is 11.2 Å². The van der Waals surface area contributed by atoms with Crippen LogP contribution in [0.25, 0.3) is 0 Å². The lowest BCUT2D eigenvalue weighted by atomic mass is 10.3. The Labute approximate surface area is 114 Å². The molecule has 1 aromatic rings. The molecular formula is C12H22ClN5. The van der Waals surface area contributed by atoms with E-state index in [9.17, 15) is 0 Å². The second kappa shape index (κ2) is 7.38. The monoisotopic (exact) mass is 271 g/mol. The minimum absolute atomic E-state index is 0.598. The van der Waals surface area contributed by atoms with Gasteiger partial charge in [0, 0.05) is 20.1 Å². The third-order valence-electron chi connectivity index (χ3n) is 2.66. The van der Waals surface area contributed by atoms with Crippen LogP contribution in [0.4, 0.5) is 11.8 Å². The van der Waals surface area contributed by atoms with Crippen molar-refractivity contribution in [1.82, 2.24) is 14.9 Å². The van der Waals surface area contributed by atoms with Crippen molar-refractivity contribution in [1.29, 1.82) is 0 Å². The Morgan fingerprint density at radius 1 is 1.33 bits per heavy atom. The van der Waals surface area contributed by atoms with Crippen molar-refractivity contribution in [2.24, 2.45) is 0 Å². The van der Waals surface area contributed by atoms with E-state index >= 15 is 0 Å².